The molecule has 1 aromatic heterocycles. The number of nitrogens with zero attached hydrogens (tertiary/aromatic N) is 1. The van der Waals surface area contributed by atoms with Crippen LogP contribution in [0.1, 0.15) is 11.9 Å². The lowest BCUT2D eigenvalue weighted by atomic mass is 10.2. The third-order valence-electron chi connectivity index (χ3n) is 3.51. The van der Waals surface area contributed by atoms with Crippen LogP contribution in [0.4, 0.5) is 11.4 Å². The van der Waals surface area contributed by atoms with Crippen molar-refractivity contribution in [2.45, 2.75) is 6.92 Å². The number of thiazole rings is 1. The van der Waals surface area contributed by atoms with Crippen molar-refractivity contribution in [2.75, 3.05) is 17.2 Å². The second-order valence-corrected chi connectivity index (χ2v) is 6.83. The largest absolute Gasteiger partial charge is 0.452 e. The van der Waals surface area contributed by atoms with E-state index in [0.29, 0.717) is 16.4 Å². The Morgan fingerprint density at radius 1 is 1.04 bits per heavy atom. The molecule has 3 aromatic rings. The van der Waals surface area contributed by atoms with Crippen LogP contribution in [0.2, 0.25) is 0 Å². The number of hydrogen-bond donors (Lipinski definition) is 2. The van der Waals surface area contributed by atoms with Gasteiger partial charge in [-0.2, -0.15) is 0 Å². The predicted octanol–water partition coefficient (Wildman–Crippen LogP) is 3.45. The molecular weight excluding hydrogens is 378 g/mol. The Kier molecular flexibility index (Phi) is 6.13. The fraction of sp³-hybridized carbons (Fsp3) is 0.100. The molecule has 2 aromatic carbocycles. The van der Waals surface area contributed by atoms with Gasteiger partial charge in [-0.25, -0.2) is 9.78 Å². The predicted molar refractivity (Wildman–Crippen MR) is 109 cm³/mol. The van der Waals surface area contributed by atoms with E-state index in [1.165, 1.54) is 24.3 Å². The van der Waals surface area contributed by atoms with Crippen molar-refractivity contribution in [3.05, 3.63) is 59.6 Å². The maximum Gasteiger partial charge on any atom is 0.331 e. The molecule has 2 amide bonds. The number of ether oxygens (including phenoxy) is 1. The monoisotopic (exact) mass is 395 g/mol. The molecular formula is C20H17N3O4S. The van der Waals surface area contributed by atoms with Gasteiger partial charge in [0.2, 0.25) is 5.91 Å². The number of para-hydroxylation sites is 1. The Morgan fingerprint density at radius 3 is 2.39 bits per heavy atom. The molecule has 7 nitrogen and oxygen atoms in total. The van der Waals surface area contributed by atoms with Crippen LogP contribution < -0.4 is 10.6 Å². The first-order valence-corrected chi connectivity index (χ1v) is 9.19. The number of aromatic nitrogens is 1. The van der Waals surface area contributed by atoms with Gasteiger partial charge in [0, 0.05) is 24.4 Å². The number of fused-ring (bicyclic) bond motifs is 1. The number of benzene rings is 2. The van der Waals surface area contributed by atoms with E-state index >= 15 is 0 Å². The summed E-state index contributed by atoms with van der Waals surface area (Å²) in [6.45, 7) is 1.01. The van der Waals surface area contributed by atoms with Crippen LogP contribution >= 0.6 is 11.3 Å². The van der Waals surface area contributed by atoms with Gasteiger partial charge in [0.25, 0.3) is 5.91 Å². The van der Waals surface area contributed by atoms with Gasteiger partial charge in [-0.1, -0.05) is 12.1 Å². The Balaban J connectivity index is 1.47. The standard InChI is InChI=1S/C20H17N3O4S/c1-13(24)21-14-6-8-15(9-7-14)22-18(25)12-27-20(26)11-10-19-23-16-4-2-3-5-17(16)28-19/h2-11H,12H2,1H3,(H,21,24)(H,22,25)/b11-10+. The summed E-state index contributed by atoms with van der Waals surface area (Å²) in [6.07, 6.45) is 2.80. The third kappa shape index (κ3) is 5.49. The van der Waals surface area contributed by atoms with Crippen molar-refractivity contribution in [3.8, 4) is 0 Å². The highest BCUT2D eigenvalue weighted by Gasteiger charge is 2.07. The van der Waals surface area contributed by atoms with E-state index in [2.05, 4.69) is 15.6 Å². The van der Waals surface area contributed by atoms with Crippen LogP contribution in [0.5, 0.6) is 0 Å². The van der Waals surface area contributed by atoms with Crippen molar-refractivity contribution in [1.82, 2.24) is 4.98 Å². The summed E-state index contributed by atoms with van der Waals surface area (Å²) < 4.78 is 5.96. The maximum atomic E-state index is 11.9. The Labute approximate surface area is 165 Å². The molecule has 0 aliphatic rings. The van der Waals surface area contributed by atoms with Gasteiger partial charge >= 0.3 is 5.97 Å². The first kappa shape index (κ1) is 19.2. The minimum absolute atomic E-state index is 0.178. The molecule has 0 aliphatic carbocycles. The average molecular weight is 395 g/mol. The molecule has 0 unspecified atom stereocenters. The summed E-state index contributed by atoms with van der Waals surface area (Å²) in [4.78, 5) is 39.0. The Morgan fingerprint density at radius 2 is 1.71 bits per heavy atom. The lowest BCUT2D eigenvalue weighted by molar-refractivity contribution is -0.142. The zero-order valence-corrected chi connectivity index (χ0v) is 15.8. The van der Waals surface area contributed by atoms with E-state index in [1.54, 1.807) is 30.3 Å². The molecule has 0 saturated carbocycles. The SMILES string of the molecule is CC(=O)Nc1ccc(NC(=O)COC(=O)/C=C/c2nc3ccccc3s2)cc1. The molecule has 0 fully saturated rings. The molecule has 1 heterocycles. The summed E-state index contributed by atoms with van der Waals surface area (Å²) >= 11 is 1.46. The molecule has 28 heavy (non-hydrogen) atoms. The van der Waals surface area contributed by atoms with Crippen molar-refractivity contribution in [1.29, 1.82) is 0 Å². The van der Waals surface area contributed by atoms with E-state index in [1.807, 2.05) is 24.3 Å². The number of amides is 2. The lowest BCUT2D eigenvalue weighted by Crippen LogP contribution is -2.20. The van der Waals surface area contributed by atoms with E-state index in [0.717, 1.165) is 10.2 Å². The third-order valence-corrected chi connectivity index (χ3v) is 4.51. The fourth-order valence-electron chi connectivity index (χ4n) is 2.32. The average Bonchev–Trinajstić information content (AvgIpc) is 3.09. The molecule has 0 atom stereocenters. The second-order valence-electron chi connectivity index (χ2n) is 5.77. The number of anilines is 2. The summed E-state index contributed by atoms with van der Waals surface area (Å²) in [5, 5.41) is 5.92. The highest BCUT2D eigenvalue weighted by atomic mass is 32.1. The molecule has 0 spiro atoms. The molecule has 3 rings (SSSR count). The molecule has 0 bridgehead atoms. The summed E-state index contributed by atoms with van der Waals surface area (Å²) in [7, 11) is 0. The Bertz CT molecular complexity index is 1010. The van der Waals surface area contributed by atoms with Crippen LogP contribution in [0.15, 0.2) is 54.6 Å². The summed E-state index contributed by atoms with van der Waals surface area (Å²) in [5.74, 6) is -1.27. The molecule has 142 valence electrons. The zero-order valence-electron chi connectivity index (χ0n) is 15.0. The Hall–Kier alpha value is -3.52. The number of nitrogens with one attached hydrogen (secondary N) is 2. The van der Waals surface area contributed by atoms with Crippen molar-refractivity contribution < 1.29 is 19.1 Å². The molecule has 2 N–H and O–H groups in total. The van der Waals surface area contributed by atoms with Gasteiger partial charge in [0.1, 0.15) is 5.01 Å². The van der Waals surface area contributed by atoms with E-state index in [9.17, 15) is 14.4 Å². The van der Waals surface area contributed by atoms with Crippen molar-refractivity contribution in [2.24, 2.45) is 0 Å². The molecule has 0 saturated heterocycles. The smallest absolute Gasteiger partial charge is 0.331 e. The first-order chi connectivity index (χ1) is 13.5. The summed E-state index contributed by atoms with van der Waals surface area (Å²) in [6, 6.07) is 14.3. The number of hydrogen-bond acceptors (Lipinski definition) is 6. The normalized spacial score (nSPS) is 10.8. The van der Waals surface area contributed by atoms with E-state index in [-0.39, 0.29) is 5.91 Å². The zero-order chi connectivity index (χ0) is 19.9. The number of carbonyl (C=O) groups is 3. The van der Waals surface area contributed by atoms with Gasteiger partial charge in [0.15, 0.2) is 6.61 Å². The van der Waals surface area contributed by atoms with Crippen molar-refractivity contribution >= 4 is 56.8 Å². The maximum absolute atomic E-state index is 11.9. The quantitative estimate of drug-likeness (QED) is 0.492. The van der Waals surface area contributed by atoms with Gasteiger partial charge in [0.05, 0.1) is 10.2 Å². The highest BCUT2D eigenvalue weighted by molar-refractivity contribution is 7.19. The van der Waals surface area contributed by atoms with Crippen LogP contribution in [0.25, 0.3) is 16.3 Å². The van der Waals surface area contributed by atoms with Crippen LogP contribution in [0, 0.1) is 0 Å². The van der Waals surface area contributed by atoms with Crippen LogP contribution in [-0.4, -0.2) is 29.4 Å². The minimum atomic E-state index is -0.629. The number of esters is 1. The van der Waals surface area contributed by atoms with Gasteiger partial charge in [-0.05, 0) is 42.5 Å². The van der Waals surface area contributed by atoms with Crippen LogP contribution in [0.3, 0.4) is 0 Å². The van der Waals surface area contributed by atoms with Gasteiger partial charge in [-0.15, -0.1) is 11.3 Å². The second kappa shape index (κ2) is 8.92. The van der Waals surface area contributed by atoms with Gasteiger partial charge in [-0.3, -0.25) is 9.59 Å². The van der Waals surface area contributed by atoms with E-state index in [4.69, 9.17) is 4.74 Å². The van der Waals surface area contributed by atoms with Gasteiger partial charge < -0.3 is 15.4 Å². The minimum Gasteiger partial charge on any atom is -0.452 e. The van der Waals surface area contributed by atoms with E-state index < -0.39 is 18.5 Å². The molecule has 0 aliphatic heterocycles. The first-order valence-electron chi connectivity index (χ1n) is 8.37. The number of rotatable bonds is 6. The number of carbonyl (C=O) groups excluding carboxylic acids is 3. The molecule has 0 radical (unpaired) electrons. The fourth-order valence-corrected chi connectivity index (χ4v) is 3.19. The lowest BCUT2D eigenvalue weighted by Gasteiger charge is -2.07. The highest BCUT2D eigenvalue weighted by Crippen LogP contribution is 2.22. The van der Waals surface area contributed by atoms with Crippen molar-refractivity contribution in [3.63, 3.8) is 0 Å². The summed E-state index contributed by atoms with van der Waals surface area (Å²) in [5.41, 5.74) is 2.02. The molecule has 8 heteroatoms. The topological polar surface area (TPSA) is 97.4 Å². The van der Waals surface area contributed by atoms with Crippen LogP contribution in [-0.2, 0) is 19.1 Å².